The van der Waals surface area contributed by atoms with Crippen LogP contribution in [0.3, 0.4) is 0 Å². The van der Waals surface area contributed by atoms with Crippen LogP contribution in [0.1, 0.15) is 50.5 Å². The summed E-state index contributed by atoms with van der Waals surface area (Å²) in [5.74, 6) is 1.44. The van der Waals surface area contributed by atoms with Crippen molar-refractivity contribution < 1.29 is 9.53 Å². The van der Waals surface area contributed by atoms with Crippen LogP contribution >= 0.6 is 11.6 Å². The van der Waals surface area contributed by atoms with E-state index in [1.54, 1.807) is 7.11 Å². The van der Waals surface area contributed by atoms with E-state index in [0.717, 1.165) is 31.4 Å². The van der Waals surface area contributed by atoms with Crippen LogP contribution in [0.5, 0.6) is 5.75 Å². The van der Waals surface area contributed by atoms with Crippen molar-refractivity contribution in [2.75, 3.05) is 7.11 Å². The van der Waals surface area contributed by atoms with E-state index in [1.807, 2.05) is 12.1 Å². The van der Waals surface area contributed by atoms with Gasteiger partial charge in [0.25, 0.3) is 0 Å². The van der Waals surface area contributed by atoms with Gasteiger partial charge in [0.2, 0.25) is 5.24 Å². The molecule has 0 amide bonds. The lowest BCUT2D eigenvalue weighted by Gasteiger charge is -2.12. The van der Waals surface area contributed by atoms with Crippen molar-refractivity contribution in [2.45, 2.75) is 44.9 Å². The highest BCUT2D eigenvalue weighted by Gasteiger charge is 2.05. The second-order valence-electron chi connectivity index (χ2n) is 4.63. The molecule has 0 bridgehead atoms. The summed E-state index contributed by atoms with van der Waals surface area (Å²) >= 11 is 5.29. The third-order valence-corrected chi connectivity index (χ3v) is 3.38. The van der Waals surface area contributed by atoms with Gasteiger partial charge in [-0.3, -0.25) is 4.79 Å². The van der Waals surface area contributed by atoms with Gasteiger partial charge in [0.1, 0.15) is 5.75 Å². The van der Waals surface area contributed by atoms with Gasteiger partial charge < -0.3 is 4.74 Å². The highest BCUT2D eigenvalue weighted by Crippen LogP contribution is 2.24. The predicted octanol–water partition coefficient (Wildman–Crippen LogP) is 4.51. The molecule has 0 heterocycles. The van der Waals surface area contributed by atoms with Gasteiger partial charge in [0.15, 0.2) is 0 Å². The van der Waals surface area contributed by atoms with Crippen molar-refractivity contribution in [1.29, 1.82) is 0 Å². The number of unbranched alkanes of at least 4 members (excludes halogenated alkanes) is 2. The number of carbonyl (C=O) groups is 1. The first kappa shape index (κ1) is 15.0. The Morgan fingerprint density at radius 2 is 1.89 bits per heavy atom. The molecule has 0 N–H and O–H groups in total. The van der Waals surface area contributed by atoms with Gasteiger partial charge in [-0.2, -0.15) is 0 Å². The van der Waals surface area contributed by atoms with Crippen molar-refractivity contribution in [2.24, 2.45) is 0 Å². The lowest BCUT2D eigenvalue weighted by molar-refractivity contribution is -0.111. The van der Waals surface area contributed by atoms with E-state index in [1.165, 1.54) is 5.56 Å². The zero-order chi connectivity index (χ0) is 13.4. The van der Waals surface area contributed by atoms with Crippen molar-refractivity contribution in [1.82, 2.24) is 0 Å². The predicted molar refractivity (Wildman–Crippen MR) is 75.4 cm³/mol. The fourth-order valence-corrected chi connectivity index (χ4v) is 2.12. The Morgan fingerprint density at radius 1 is 1.22 bits per heavy atom. The molecule has 0 radical (unpaired) electrons. The second-order valence-corrected chi connectivity index (χ2v) is 5.05. The Bertz CT molecular complexity index is 359. The van der Waals surface area contributed by atoms with Crippen molar-refractivity contribution in [3.05, 3.63) is 29.8 Å². The van der Waals surface area contributed by atoms with Crippen molar-refractivity contribution >= 4 is 16.8 Å². The molecule has 1 aromatic rings. The lowest BCUT2D eigenvalue weighted by Crippen LogP contribution is -1.94. The molecular weight excluding hydrogens is 248 g/mol. The molecule has 1 unspecified atom stereocenters. The van der Waals surface area contributed by atoms with E-state index in [2.05, 4.69) is 19.1 Å². The average molecular weight is 269 g/mol. The van der Waals surface area contributed by atoms with Crippen LogP contribution in [-0.4, -0.2) is 12.4 Å². The molecule has 100 valence electrons. The summed E-state index contributed by atoms with van der Waals surface area (Å²) in [6, 6.07) is 8.23. The van der Waals surface area contributed by atoms with E-state index in [-0.39, 0.29) is 5.24 Å². The molecule has 18 heavy (non-hydrogen) atoms. The Morgan fingerprint density at radius 3 is 2.44 bits per heavy atom. The van der Waals surface area contributed by atoms with Gasteiger partial charge in [-0.1, -0.05) is 31.9 Å². The molecular formula is C15H21ClO2. The molecule has 2 nitrogen and oxygen atoms in total. The summed E-state index contributed by atoms with van der Waals surface area (Å²) < 4.78 is 5.14. The molecule has 0 spiro atoms. The van der Waals surface area contributed by atoms with Crippen LogP contribution < -0.4 is 4.74 Å². The van der Waals surface area contributed by atoms with Crippen LogP contribution in [0.15, 0.2) is 24.3 Å². The minimum Gasteiger partial charge on any atom is -0.497 e. The third kappa shape index (κ3) is 5.54. The normalized spacial score (nSPS) is 12.2. The van der Waals surface area contributed by atoms with E-state index in [4.69, 9.17) is 16.3 Å². The monoisotopic (exact) mass is 268 g/mol. The Kier molecular flexibility index (Phi) is 6.81. The summed E-state index contributed by atoms with van der Waals surface area (Å²) in [6.45, 7) is 2.23. The number of halogens is 1. The van der Waals surface area contributed by atoms with Crippen LogP contribution in [0.2, 0.25) is 0 Å². The second kappa shape index (κ2) is 8.15. The molecule has 0 aliphatic rings. The molecule has 1 rings (SSSR count). The number of ether oxygens (including phenoxy) is 1. The fourth-order valence-electron chi connectivity index (χ4n) is 1.99. The summed E-state index contributed by atoms with van der Waals surface area (Å²) in [5, 5.41) is -0.224. The standard InChI is InChI=1S/C15H21ClO2/c1-12(6-4-3-5-7-15(16)17)13-8-10-14(18-2)11-9-13/h8-12H,3-7H2,1-2H3. The minimum absolute atomic E-state index is 0.224. The molecule has 3 heteroatoms. The minimum atomic E-state index is -0.224. The first-order chi connectivity index (χ1) is 8.63. The topological polar surface area (TPSA) is 26.3 Å². The lowest BCUT2D eigenvalue weighted by atomic mass is 9.95. The highest BCUT2D eigenvalue weighted by atomic mass is 35.5. The van der Waals surface area contributed by atoms with Crippen molar-refractivity contribution in [3.8, 4) is 5.75 Å². The molecule has 1 atom stereocenters. The van der Waals surface area contributed by atoms with Crippen LogP contribution in [-0.2, 0) is 4.79 Å². The van der Waals surface area contributed by atoms with E-state index < -0.39 is 0 Å². The summed E-state index contributed by atoms with van der Waals surface area (Å²) in [4.78, 5) is 10.6. The van der Waals surface area contributed by atoms with Gasteiger partial charge >= 0.3 is 0 Å². The van der Waals surface area contributed by atoms with Crippen LogP contribution in [0.25, 0.3) is 0 Å². The number of carbonyl (C=O) groups excluding carboxylic acids is 1. The number of benzene rings is 1. The first-order valence-corrected chi connectivity index (χ1v) is 6.83. The SMILES string of the molecule is COc1ccc(C(C)CCCCCC(=O)Cl)cc1. The molecule has 1 aromatic carbocycles. The maximum Gasteiger partial charge on any atom is 0.221 e. The van der Waals surface area contributed by atoms with E-state index >= 15 is 0 Å². The Labute approximate surface area is 114 Å². The average Bonchev–Trinajstić information content (AvgIpc) is 2.38. The van der Waals surface area contributed by atoms with Gasteiger partial charge in [0.05, 0.1) is 7.11 Å². The Balaban J connectivity index is 2.27. The zero-order valence-electron chi connectivity index (χ0n) is 11.1. The van der Waals surface area contributed by atoms with E-state index in [9.17, 15) is 4.79 Å². The Hall–Kier alpha value is -1.02. The maximum absolute atomic E-state index is 10.6. The first-order valence-electron chi connectivity index (χ1n) is 6.45. The summed E-state index contributed by atoms with van der Waals surface area (Å²) in [6.07, 6.45) is 4.75. The van der Waals surface area contributed by atoms with Crippen molar-refractivity contribution in [3.63, 3.8) is 0 Å². The molecule has 0 aliphatic carbocycles. The largest absolute Gasteiger partial charge is 0.497 e. The molecule has 0 aliphatic heterocycles. The zero-order valence-corrected chi connectivity index (χ0v) is 11.9. The molecule has 0 saturated carbocycles. The summed E-state index contributed by atoms with van der Waals surface area (Å²) in [5.41, 5.74) is 1.34. The molecule has 0 fully saturated rings. The summed E-state index contributed by atoms with van der Waals surface area (Å²) in [7, 11) is 1.68. The highest BCUT2D eigenvalue weighted by molar-refractivity contribution is 6.63. The van der Waals surface area contributed by atoms with E-state index in [0.29, 0.717) is 12.3 Å². The quantitative estimate of drug-likeness (QED) is 0.512. The van der Waals surface area contributed by atoms with Crippen LogP contribution in [0, 0.1) is 0 Å². The number of hydrogen-bond donors (Lipinski definition) is 0. The molecule has 0 saturated heterocycles. The van der Waals surface area contributed by atoms with Gasteiger partial charge in [-0.15, -0.1) is 0 Å². The smallest absolute Gasteiger partial charge is 0.221 e. The number of rotatable bonds is 8. The van der Waals surface area contributed by atoms with Crippen LogP contribution in [0.4, 0.5) is 0 Å². The third-order valence-electron chi connectivity index (χ3n) is 3.20. The number of methoxy groups -OCH3 is 1. The molecule has 0 aromatic heterocycles. The maximum atomic E-state index is 10.6. The van der Waals surface area contributed by atoms with Gasteiger partial charge in [-0.05, 0) is 48.1 Å². The number of hydrogen-bond acceptors (Lipinski definition) is 2. The fraction of sp³-hybridized carbons (Fsp3) is 0.533. The van der Waals surface area contributed by atoms with Gasteiger partial charge in [0, 0.05) is 6.42 Å². The van der Waals surface area contributed by atoms with Gasteiger partial charge in [-0.25, -0.2) is 0 Å².